The number of amides is 2. The van der Waals surface area contributed by atoms with E-state index in [0.29, 0.717) is 23.3 Å². The van der Waals surface area contributed by atoms with E-state index in [1.165, 1.54) is 16.9 Å². The molecule has 1 unspecified atom stereocenters. The summed E-state index contributed by atoms with van der Waals surface area (Å²) in [5.74, 6) is 0.528. The quantitative estimate of drug-likeness (QED) is 0.508. The third-order valence-electron chi connectivity index (χ3n) is 6.37. The van der Waals surface area contributed by atoms with E-state index in [0.717, 1.165) is 18.0 Å². The molecule has 0 aliphatic carbocycles. The first-order chi connectivity index (χ1) is 16.0. The molecule has 186 valence electrons. The van der Waals surface area contributed by atoms with Crippen LogP contribution in [0.5, 0.6) is 0 Å². The molecule has 2 atom stereocenters. The molecule has 2 heterocycles. The molecule has 34 heavy (non-hydrogen) atoms. The lowest BCUT2D eigenvalue weighted by Gasteiger charge is -2.45. The maximum absolute atomic E-state index is 13.6. The van der Waals surface area contributed by atoms with Gasteiger partial charge in [0.2, 0.25) is 11.8 Å². The normalized spacial score (nSPS) is 18.7. The van der Waals surface area contributed by atoms with Crippen molar-refractivity contribution < 1.29 is 9.59 Å². The van der Waals surface area contributed by atoms with Gasteiger partial charge in [-0.15, -0.1) is 11.3 Å². The highest BCUT2D eigenvalue weighted by atomic mass is 35.5. The highest BCUT2D eigenvalue weighted by molar-refractivity contribution is 7.13. The Hall–Kier alpha value is -2.12. The molecule has 1 aromatic carbocycles. The van der Waals surface area contributed by atoms with Crippen molar-refractivity contribution in [3.05, 3.63) is 45.9 Å². The zero-order valence-electron chi connectivity index (χ0n) is 21.0. The first-order valence-electron chi connectivity index (χ1n) is 12.0. The molecular formula is C26H37ClN4O2S. The number of anilines is 1. The van der Waals surface area contributed by atoms with Crippen molar-refractivity contribution in [3.8, 4) is 0 Å². The topological polar surface area (TPSA) is 74.3 Å². The van der Waals surface area contributed by atoms with Crippen molar-refractivity contribution >= 4 is 39.9 Å². The van der Waals surface area contributed by atoms with Crippen LogP contribution >= 0.6 is 22.9 Å². The van der Waals surface area contributed by atoms with Crippen LogP contribution in [-0.2, 0) is 16.0 Å². The van der Waals surface area contributed by atoms with Crippen LogP contribution in [0.3, 0.4) is 0 Å². The van der Waals surface area contributed by atoms with E-state index in [9.17, 15) is 9.59 Å². The maximum Gasteiger partial charge on any atom is 0.245 e. The van der Waals surface area contributed by atoms with Gasteiger partial charge in [0.05, 0.1) is 12.1 Å². The summed E-state index contributed by atoms with van der Waals surface area (Å²) in [5, 5.41) is 9.54. The Kier molecular flexibility index (Phi) is 8.63. The van der Waals surface area contributed by atoms with E-state index >= 15 is 0 Å². The standard InChI is InChI=1S/C26H37ClN4O2S/c1-16(2)23(30-25-29-20(14-34-25)13-22(32)28-17(3)4)24(33)31-12-11-21(26(5,6)15-31)18-7-9-19(27)10-8-18/h7-10,14,16-17,21,23H,11-13,15H2,1-6H3,(H,28,32)(H,29,30)/t21?,23-/m1/s1. The van der Waals surface area contributed by atoms with Crippen LogP contribution in [0.4, 0.5) is 5.13 Å². The molecule has 0 radical (unpaired) electrons. The van der Waals surface area contributed by atoms with E-state index in [-0.39, 0.29) is 41.7 Å². The number of aromatic nitrogens is 1. The average molecular weight is 505 g/mol. The van der Waals surface area contributed by atoms with Gasteiger partial charge in [-0.05, 0) is 55.2 Å². The number of hydrogen-bond donors (Lipinski definition) is 2. The highest BCUT2D eigenvalue weighted by Crippen LogP contribution is 2.42. The summed E-state index contributed by atoms with van der Waals surface area (Å²) in [5.41, 5.74) is 1.93. The van der Waals surface area contributed by atoms with Gasteiger partial charge in [0.15, 0.2) is 5.13 Å². The third kappa shape index (κ3) is 6.72. The summed E-state index contributed by atoms with van der Waals surface area (Å²) >= 11 is 7.51. The molecule has 2 aromatic rings. The van der Waals surface area contributed by atoms with Crippen molar-refractivity contribution in [1.82, 2.24) is 15.2 Å². The maximum atomic E-state index is 13.6. The largest absolute Gasteiger partial charge is 0.354 e. The van der Waals surface area contributed by atoms with Crippen molar-refractivity contribution in [3.63, 3.8) is 0 Å². The molecule has 0 saturated carbocycles. The zero-order valence-corrected chi connectivity index (χ0v) is 22.6. The van der Waals surface area contributed by atoms with Crippen LogP contribution in [0.2, 0.25) is 5.02 Å². The predicted molar refractivity (Wildman–Crippen MR) is 141 cm³/mol. The van der Waals surface area contributed by atoms with Crippen LogP contribution < -0.4 is 10.6 Å². The van der Waals surface area contributed by atoms with Gasteiger partial charge in [-0.25, -0.2) is 4.98 Å². The Morgan fingerprint density at radius 1 is 1.21 bits per heavy atom. The number of benzene rings is 1. The molecule has 1 aliphatic rings. The molecule has 0 spiro atoms. The Morgan fingerprint density at radius 3 is 2.47 bits per heavy atom. The Balaban J connectivity index is 1.66. The van der Waals surface area contributed by atoms with Gasteiger partial charge in [0.1, 0.15) is 6.04 Å². The minimum absolute atomic E-state index is 0.0471. The summed E-state index contributed by atoms with van der Waals surface area (Å²) in [6.07, 6.45) is 1.15. The number of hydrogen-bond acceptors (Lipinski definition) is 5. The molecule has 3 rings (SSSR count). The zero-order chi connectivity index (χ0) is 25.0. The van der Waals surface area contributed by atoms with Crippen LogP contribution in [0.1, 0.15) is 65.1 Å². The van der Waals surface area contributed by atoms with Crippen molar-refractivity contribution in [2.45, 2.75) is 72.4 Å². The van der Waals surface area contributed by atoms with Gasteiger partial charge in [0, 0.05) is 29.5 Å². The van der Waals surface area contributed by atoms with Crippen LogP contribution in [0.15, 0.2) is 29.6 Å². The second kappa shape index (κ2) is 11.1. The molecule has 2 amide bonds. The first kappa shape index (κ1) is 26.5. The lowest BCUT2D eigenvalue weighted by Crippen LogP contribution is -2.53. The summed E-state index contributed by atoms with van der Waals surface area (Å²) in [7, 11) is 0. The number of nitrogens with one attached hydrogen (secondary N) is 2. The number of carbonyl (C=O) groups is 2. The molecule has 0 bridgehead atoms. The van der Waals surface area contributed by atoms with Crippen LogP contribution in [0, 0.1) is 11.3 Å². The van der Waals surface area contributed by atoms with E-state index in [1.54, 1.807) is 0 Å². The lowest BCUT2D eigenvalue weighted by atomic mass is 9.70. The summed E-state index contributed by atoms with van der Waals surface area (Å²) in [6, 6.07) is 7.82. The summed E-state index contributed by atoms with van der Waals surface area (Å²) < 4.78 is 0. The summed E-state index contributed by atoms with van der Waals surface area (Å²) in [4.78, 5) is 32.2. The van der Waals surface area contributed by atoms with Gasteiger partial charge in [-0.2, -0.15) is 0 Å². The Morgan fingerprint density at radius 2 is 1.88 bits per heavy atom. The molecular weight excluding hydrogens is 468 g/mol. The number of nitrogens with zero attached hydrogens (tertiary/aromatic N) is 2. The SMILES string of the molecule is CC(C)NC(=O)Cc1csc(N[C@@H](C(=O)N2CCC(c3ccc(Cl)cc3)C(C)(C)C2)C(C)C)n1. The second-order valence-corrected chi connectivity index (χ2v) is 11.8. The number of halogens is 1. The molecule has 1 saturated heterocycles. The molecule has 1 aliphatic heterocycles. The van der Waals surface area contributed by atoms with Gasteiger partial charge >= 0.3 is 0 Å². The first-order valence-corrected chi connectivity index (χ1v) is 13.3. The lowest BCUT2D eigenvalue weighted by molar-refractivity contribution is -0.136. The fourth-order valence-corrected chi connectivity index (χ4v) is 5.57. The van der Waals surface area contributed by atoms with Gasteiger partial charge in [0.25, 0.3) is 0 Å². The number of carbonyl (C=O) groups excluding carboxylic acids is 2. The Bertz CT molecular complexity index is 987. The average Bonchev–Trinajstić information content (AvgIpc) is 3.17. The van der Waals surface area contributed by atoms with Crippen molar-refractivity contribution in [1.29, 1.82) is 0 Å². The number of rotatable bonds is 8. The second-order valence-electron chi connectivity index (χ2n) is 10.6. The fraction of sp³-hybridized carbons (Fsp3) is 0.577. The minimum atomic E-state index is -0.369. The van der Waals surface area contributed by atoms with E-state index < -0.39 is 0 Å². The van der Waals surface area contributed by atoms with Crippen molar-refractivity contribution in [2.24, 2.45) is 11.3 Å². The molecule has 8 heteroatoms. The highest BCUT2D eigenvalue weighted by Gasteiger charge is 2.40. The van der Waals surface area contributed by atoms with Crippen molar-refractivity contribution in [2.75, 3.05) is 18.4 Å². The van der Waals surface area contributed by atoms with Gasteiger partial charge < -0.3 is 15.5 Å². The van der Waals surface area contributed by atoms with E-state index in [4.69, 9.17) is 11.6 Å². The molecule has 6 nitrogen and oxygen atoms in total. The Labute approximate surface area is 212 Å². The molecule has 1 aromatic heterocycles. The minimum Gasteiger partial charge on any atom is -0.354 e. The van der Waals surface area contributed by atoms with Crippen LogP contribution in [-0.4, -0.2) is 46.9 Å². The number of thiazole rings is 1. The molecule has 2 N–H and O–H groups in total. The fourth-order valence-electron chi connectivity index (χ4n) is 4.69. The number of likely N-dealkylation sites (tertiary alicyclic amines) is 1. The smallest absolute Gasteiger partial charge is 0.245 e. The van der Waals surface area contributed by atoms with Crippen LogP contribution in [0.25, 0.3) is 0 Å². The van der Waals surface area contributed by atoms with Gasteiger partial charge in [-0.1, -0.05) is 51.4 Å². The van der Waals surface area contributed by atoms with E-state index in [1.807, 2.05) is 50.1 Å². The monoisotopic (exact) mass is 504 g/mol. The van der Waals surface area contributed by atoms with E-state index in [2.05, 4.69) is 41.6 Å². The third-order valence-corrected chi connectivity index (χ3v) is 7.44. The number of piperidine rings is 1. The van der Waals surface area contributed by atoms with Gasteiger partial charge in [-0.3, -0.25) is 9.59 Å². The summed E-state index contributed by atoms with van der Waals surface area (Å²) in [6.45, 7) is 13.9. The molecule has 1 fully saturated rings. The predicted octanol–water partition coefficient (Wildman–Crippen LogP) is 5.34.